The molecule has 0 aliphatic carbocycles. The van der Waals surface area contributed by atoms with Gasteiger partial charge < -0.3 is 9.47 Å². The van der Waals surface area contributed by atoms with Gasteiger partial charge in [0.1, 0.15) is 17.1 Å². The quantitative estimate of drug-likeness (QED) is 0.535. The number of carbonyl (C=O) groups is 1. The van der Waals surface area contributed by atoms with Crippen molar-refractivity contribution in [1.82, 2.24) is 0 Å². The van der Waals surface area contributed by atoms with Gasteiger partial charge in [-0.25, -0.2) is 4.79 Å². The van der Waals surface area contributed by atoms with Crippen LogP contribution in [0.1, 0.15) is 10.4 Å². The molecule has 0 N–H and O–H groups in total. The van der Waals surface area contributed by atoms with Crippen molar-refractivity contribution >= 4 is 16.7 Å². The van der Waals surface area contributed by atoms with Gasteiger partial charge in [-0.2, -0.15) is 0 Å². The predicted molar refractivity (Wildman–Crippen MR) is 81.9 cm³/mol. The fraction of sp³-hybridized carbons (Fsp3) is 0.0556. The first-order chi connectivity index (χ1) is 10.3. The smallest absolute Gasteiger partial charge is 0.347 e. The highest BCUT2D eigenvalue weighted by molar-refractivity contribution is 5.99. The Kier molecular flexibility index (Phi) is 3.56. The Balaban J connectivity index is 2.00. The lowest BCUT2D eigenvalue weighted by molar-refractivity contribution is 0.0731. The van der Waals surface area contributed by atoms with Crippen LogP contribution in [0.25, 0.3) is 10.8 Å². The van der Waals surface area contributed by atoms with Crippen LogP contribution in [-0.4, -0.2) is 13.1 Å². The molecule has 0 aliphatic heterocycles. The zero-order chi connectivity index (χ0) is 14.7. The summed E-state index contributed by atoms with van der Waals surface area (Å²) in [6, 6.07) is 20.4. The maximum atomic E-state index is 12.3. The summed E-state index contributed by atoms with van der Waals surface area (Å²) in [5.41, 5.74) is 0.417. The molecule has 0 aliphatic rings. The predicted octanol–water partition coefficient (Wildman–Crippen LogP) is 4.07. The SMILES string of the molecule is COc1cc2ccccc2cc1C(=O)Oc1ccccc1. The summed E-state index contributed by atoms with van der Waals surface area (Å²) < 4.78 is 10.7. The number of fused-ring (bicyclic) bond motifs is 1. The Labute approximate surface area is 122 Å². The Morgan fingerprint density at radius 1 is 0.857 bits per heavy atom. The molecule has 3 heteroatoms. The van der Waals surface area contributed by atoms with Crippen LogP contribution in [0.15, 0.2) is 66.7 Å². The van der Waals surface area contributed by atoms with Crippen molar-refractivity contribution in [3.05, 3.63) is 72.3 Å². The Morgan fingerprint density at radius 3 is 2.14 bits per heavy atom. The van der Waals surface area contributed by atoms with Gasteiger partial charge in [-0.05, 0) is 35.0 Å². The molecule has 3 rings (SSSR count). The molecule has 104 valence electrons. The van der Waals surface area contributed by atoms with E-state index in [1.54, 1.807) is 25.3 Å². The number of hydrogen-bond acceptors (Lipinski definition) is 3. The van der Waals surface area contributed by atoms with E-state index in [-0.39, 0.29) is 0 Å². The number of methoxy groups -OCH3 is 1. The first-order valence-corrected chi connectivity index (χ1v) is 6.62. The Bertz CT molecular complexity index is 779. The average Bonchev–Trinajstić information content (AvgIpc) is 2.54. The number of para-hydroxylation sites is 1. The minimum absolute atomic E-state index is 0.417. The van der Waals surface area contributed by atoms with E-state index >= 15 is 0 Å². The molecule has 0 radical (unpaired) electrons. The molecule has 0 heterocycles. The molecule has 0 spiro atoms. The number of esters is 1. The van der Waals surface area contributed by atoms with Gasteiger partial charge in [-0.1, -0.05) is 42.5 Å². The molecule has 3 aromatic carbocycles. The Morgan fingerprint density at radius 2 is 1.48 bits per heavy atom. The van der Waals surface area contributed by atoms with E-state index in [2.05, 4.69) is 0 Å². The second-order valence-electron chi connectivity index (χ2n) is 4.60. The lowest BCUT2D eigenvalue weighted by Crippen LogP contribution is -2.10. The summed E-state index contributed by atoms with van der Waals surface area (Å²) in [5.74, 6) is 0.594. The van der Waals surface area contributed by atoms with Gasteiger partial charge in [0.15, 0.2) is 0 Å². The molecule has 3 nitrogen and oxygen atoms in total. The number of rotatable bonds is 3. The van der Waals surface area contributed by atoms with E-state index < -0.39 is 5.97 Å². The maximum Gasteiger partial charge on any atom is 0.347 e. The van der Waals surface area contributed by atoms with Crippen LogP contribution in [0.3, 0.4) is 0 Å². The van der Waals surface area contributed by atoms with Crippen molar-refractivity contribution in [1.29, 1.82) is 0 Å². The molecule has 0 atom stereocenters. The van der Waals surface area contributed by atoms with Crippen LogP contribution in [-0.2, 0) is 0 Å². The van der Waals surface area contributed by atoms with Crippen molar-refractivity contribution in [2.75, 3.05) is 7.11 Å². The van der Waals surface area contributed by atoms with E-state index in [1.807, 2.05) is 48.5 Å². The third-order valence-electron chi connectivity index (χ3n) is 3.24. The topological polar surface area (TPSA) is 35.5 Å². The summed E-state index contributed by atoms with van der Waals surface area (Å²) in [4.78, 5) is 12.3. The van der Waals surface area contributed by atoms with Crippen molar-refractivity contribution < 1.29 is 14.3 Å². The second-order valence-corrected chi connectivity index (χ2v) is 4.60. The van der Waals surface area contributed by atoms with Gasteiger partial charge in [0.25, 0.3) is 0 Å². The fourth-order valence-corrected chi connectivity index (χ4v) is 2.20. The molecule has 0 saturated heterocycles. The zero-order valence-corrected chi connectivity index (χ0v) is 11.6. The van der Waals surface area contributed by atoms with Gasteiger partial charge in [0.2, 0.25) is 0 Å². The molecular formula is C18H14O3. The third-order valence-corrected chi connectivity index (χ3v) is 3.24. The molecule has 0 aromatic heterocycles. The van der Waals surface area contributed by atoms with Crippen molar-refractivity contribution in [2.24, 2.45) is 0 Å². The summed E-state index contributed by atoms with van der Waals surface area (Å²) in [7, 11) is 1.55. The number of benzene rings is 3. The van der Waals surface area contributed by atoms with Crippen LogP contribution in [0.4, 0.5) is 0 Å². The molecule has 0 fully saturated rings. The van der Waals surface area contributed by atoms with E-state index in [4.69, 9.17) is 9.47 Å². The lowest BCUT2D eigenvalue weighted by atomic mass is 10.1. The largest absolute Gasteiger partial charge is 0.496 e. The molecular weight excluding hydrogens is 264 g/mol. The number of ether oxygens (including phenoxy) is 2. The monoisotopic (exact) mass is 278 g/mol. The molecule has 0 unspecified atom stereocenters. The van der Waals surface area contributed by atoms with E-state index in [0.29, 0.717) is 17.1 Å². The normalized spacial score (nSPS) is 10.3. The fourth-order valence-electron chi connectivity index (χ4n) is 2.20. The van der Waals surface area contributed by atoms with Crippen LogP contribution < -0.4 is 9.47 Å². The van der Waals surface area contributed by atoms with Gasteiger partial charge in [-0.3, -0.25) is 0 Å². The Hall–Kier alpha value is -2.81. The van der Waals surface area contributed by atoms with E-state index in [0.717, 1.165) is 10.8 Å². The van der Waals surface area contributed by atoms with Crippen LogP contribution >= 0.6 is 0 Å². The van der Waals surface area contributed by atoms with Crippen LogP contribution in [0, 0.1) is 0 Å². The van der Waals surface area contributed by atoms with Gasteiger partial charge in [0.05, 0.1) is 7.11 Å². The highest BCUT2D eigenvalue weighted by Crippen LogP contribution is 2.27. The third kappa shape index (κ3) is 2.72. The summed E-state index contributed by atoms with van der Waals surface area (Å²) in [6.45, 7) is 0. The maximum absolute atomic E-state index is 12.3. The minimum atomic E-state index is -0.427. The highest BCUT2D eigenvalue weighted by Gasteiger charge is 2.15. The van der Waals surface area contributed by atoms with Gasteiger partial charge >= 0.3 is 5.97 Å². The van der Waals surface area contributed by atoms with Crippen molar-refractivity contribution in [3.8, 4) is 11.5 Å². The lowest BCUT2D eigenvalue weighted by Gasteiger charge is -2.10. The van der Waals surface area contributed by atoms with Gasteiger partial charge in [-0.15, -0.1) is 0 Å². The standard InChI is InChI=1S/C18H14O3/c1-20-17-12-14-8-6-5-7-13(14)11-16(17)18(19)21-15-9-3-2-4-10-15/h2-12H,1H3. The summed E-state index contributed by atoms with van der Waals surface area (Å²) in [5, 5.41) is 1.99. The van der Waals surface area contributed by atoms with Gasteiger partial charge in [0, 0.05) is 0 Å². The van der Waals surface area contributed by atoms with Crippen LogP contribution in [0.5, 0.6) is 11.5 Å². The molecule has 21 heavy (non-hydrogen) atoms. The van der Waals surface area contributed by atoms with E-state index in [9.17, 15) is 4.79 Å². The van der Waals surface area contributed by atoms with Crippen molar-refractivity contribution in [3.63, 3.8) is 0 Å². The summed E-state index contributed by atoms with van der Waals surface area (Å²) in [6.07, 6.45) is 0. The number of carbonyl (C=O) groups excluding carboxylic acids is 1. The molecule has 3 aromatic rings. The molecule has 0 bridgehead atoms. The second kappa shape index (κ2) is 5.67. The van der Waals surface area contributed by atoms with E-state index in [1.165, 1.54) is 0 Å². The van der Waals surface area contributed by atoms with Crippen LogP contribution in [0.2, 0.25) is 0 Å². The highest BCUT2D eigenvalue weighted by atomic mass is 16.5. The average molecular weight is 278 g/mol. The zero-order valence-electron chi connectivity index (χ0n) is 11.6. The first kappa shape index (κ1) is 13.2. The minimum Gasteiger partial charge on any atom is -0.496 e. The molecule has 0 amide bonds. The molecule has 0 saturated carbocycles. The first-order valence-electron chi connectivity index (χ1n) is 6.62. The summed E-state index contributed by atoms with van der Waals surface area (Å²) >= 11 is 0. The number of hydrogen-bond donors (Lipinski definition) is 0. The van der Waals surface area contributed by atoms with Crippen molar-refractivity contribution in [2.45, 2.75) is 0 Å².